The van der Waals surface area contributed by atoms with Gasteiger partial charge in [0, 0.05) is 31.0 Å². The molecule has 8 heteroatoms. The number of aromatic nitrogens is 2. The second kappa shape index (κ2) is 7.23. The molecule has 2 aromatic rings. The highest BCUT2D eigenvalue weighted by Crippen LogP contribution is 2.19. The first-order valence-corrected chi connectivity index (χ1v) is 10.0. The Bertz CT molecular complexity index is 845. The number of hydrogen-bond acceptors (Lipinski definition) is 5. The van der Waals surface area contributed by atoms with Crippen molar-refractivity contribution in [2.24, 2.45) is 0 Å². The number of imidazole rings is 1. The molecule has 0 spiro atoms. The van der Waals surface area contributed by atoms with E-state index in [1.54, 1.807) is 29.0 Å². The van der Waals surface area contributed by atoms with Crippen LogP contribution in [0.15, 0.2) is 35.6 Å². The van der Waals surface area contributed by atoms with Gasteiger partial charge in [-0.1, -0.05) is 18.2 Å². The summed E-state index contributed by atoms with van der Waals surface area (Å²) in [6.07, 6.45) is 3.62. The van der Waals surface area contributed by atoms with Crippen LogP contribution in [-0.4, -0.2) is 55.4 Å². The third-order valence-corrected chi connectivity index (χ3v) is 5.45. The van der Waals surface area contributed by atoms with E-state index >= 15 is 0 Å². The molecule has 25 heavy (non-hydrogen) atoms. The first-order valence-electron chi connectivity index (χ1n) is 8.12. The number of rotatable bonds is 6. The molecule has 1 fully saturated rings. The van der Waals surface area contributed by atoms with E-state index in [2.05, 4.69) is 9.88 Å². The number of sulfone groups is 1. The number of ether oxygens (including phenoxy) is 1. The molecule has 0 bridgehead atoms. The van der Waals surface area contributed by atoms with Gasteiger partial charge in [-0.3, -0.25) is 4.90 Å². The molecule has 3 rings (SSSR count). The minimum atomic E-state index is -3.51. The Hall–Kier alpha value is -1.77. The molecule has 1 aromatic carbocycles. The Labute approximate surface area is 147 Å². The Kier molecular flexibility index (Phi) is 5.21. The van der Waals surface area contributed by atoms with E-state index in [1.807, 2.05) is 7.05 Å². The van der Waals surface area contributed by atoms with Crippen LogP contribution in [0.3, 0.4) is 0 Å². The van der Waals surface area contributed by atoms with Gasteiger partial charge < -0.3 is 9.30 Å². The van der Waals surface area contributed by atoms with E-state index in [4.69, 9.17) is 4.74 Å². The molecule has 0 aliphatic carbocycles. The van der Waals surface area contributed by atoms with Crippen molar-refractivity contribution in [3.05, 3.63) is 47.5 Å². The van der Waals surface area contributed by atoms with Crippen LogP contribution in [0, 0.1) is 5.82 Å². The maximum Gasteiger partial charge on any atom is 0.227 e. The molecule has 1 aliphatic heterocycles. The van der Waals surface area contributed by atoms with Gasteiger partial charge in [-0.15, -0.1) is 0 Å². The maximum atomic E-state index is 14.0. The predicted octanol–water partition coefficient (Wildman–Crippen LogP) is 1.69. The third-order valence-electron chi connectivity index (χ3n) is 4.46. The van der Waals surface area contributed by atoms with Gasteiger partial charge in [0.1, 0.15) is 5.82 Å². The lowest BCUT2D eigenvalue weighted by atomic mass is 10.2. The quantitative estimate of drug-likeness (QED) is 0.778. The van der Waals surface area contributed by atoms with Crippen LogP contribution in [-0.2, 0) is 27.7 Å². The second-order valence-electron chi connectivity index (χ2n) is 6.41. The van der Waals surface area contributed by atoms with Gasteiger partial charge in [-0.25, -0.2) is 17.8 Å². The maximum absolute atomic E-state index is 14.0. The highest BCUT2D eigenvalue weighted by Gasteiger charge is 2.24. The molecule has 1 aliphatic rings. The zero-order valence-corrected chi connectivity index (χ0v) is 15.2. The van der Waals surface area contributed by atoms with E-state index in [1.165, 1.54) is 6.07 Å². The number of likely N-dealkylation sites (N-methyl/N-ethyl adjacent to an activating group) is 1. The van der Waals surface area contributed by atoms with E-state index in [0.717, 1.165) is 25.0 Å². The van der Waals surface area contributed by atoms with Gasteiger partial charge in [0.05, 0.1) is 25.0 Å². The number of hydrogen-bond donors (Lipinski definition) is 0. The molecule has 1 aromatic heterocycles. The zero-order chi connectivity index (χ0) is 18.0. The number of benzene rings is 1. The van der Waals surface area contributed by atoms with Crippen LogP contribution in [0.5, 0.6) is 0 Å². The first kappa shape index (κ1) is 18.0. The Morgan fingerprint density at radius 3 is 2.80 bits per heavy atom. The van der Waals surface area contributed by atoms with Crippen molar-refractivity contribution in [3.8, 4) is 0 Å². The summed E-state index contributed by atoms with van der Waals surface area (Å²) < 4.78 is 45.2. The molecule has 6 nitrogen and oxygen atoms in total. The minimum Gasteiger partial charge on any atom is -0.380 e. The van der Waals surface area contributed by atoms with Gasteiger partial charge in [0.2, 0.25) is 15.0 Å². The van der Waals surface area contributed by atoms with Crippen LogP contribution in [0.4, 0.5) is 4.39 Å². The summed E-state index contributed by atoms with van der Waals surface area (Å²) in [6, 6.07) is 6.66. The van der Waals surface area contributed by atoms with Crippen LogP contribution < -0.4 is 0 Å². The second-order valence-corrected chi connectivity index (χ2v) is 8.32. The molecule has 0 amide bonds. The first-order chi connectivity index (χ1) is 11.9. The van der Waals surface area contributed by atoms with Crippen LogP contribution in [0.25, 0.3) is 0 Å². The summed E-state index contributed by atoms with van der Waals surface area (Å²) in [5, 5.41) is -0.0400. The summed E-state index contributed by atoms with van der Waals surface area (Å²) in [6.45, 7) is 2.04. The lowest BCUT2D eigenvalue weighted by Gasteiger charge is -2.23. The topological polar surface area (TPSA) is 64.4 Å². The Morgan fingerprint density at radius 1 is 1.40 bits per heavy atom. The molecular weight excluding hydrogens is 345 g/mol. The fraction of sp³-hybridized carbons (Fsp3) is 0.471. The van der Waals surface area contributed by atoms with E-state index < -0.39 is 9.84 Å². The van der Waals surface area contributed by atoms with Crippen molar-refractivity contribution in [2.45, 2.75) is 30.7 Å². The van der Waals surface area contributed by atoms with Crippen molar-refractivity contribution in [1.29, 1.82) is 0 Å². The largest absolute Gasteiger partial charge is 0.380 e. The molecular formula is C17H22FN3O3S. The molecule has 0 N–H and O–H groups in total. The van der Waals surface area contributed by atoms with Crippen LogP contribution in [0.1, 0.15) is 17.7 Å². The average Bonchev–Trinajstić information content (AvgIpc) is 3.19. The van der Waals surface area contributed by atoms with Crippen molar-refractivity contribution in [2.75, 3.05) is 26.5 Å². The summed E-state index contributed by atoms with van der Waals surface area (Å²) in [5.41, 5.74) is 1.16. The van der Waals surface area contributed by atoms with Crippen LogP contribution >= 0.6 is 0 Å². The van der Waals surface area contributed by atoms with E-state index in [0.29, 0.717) is 24.8 Å². The van der Waals surface area contributed by atoms with Crippen molar-refractivity contribution < 1.29 is 17.5 Å². The van der Waals surface area contributed by atoms with Gasteiger partial charge in [0.25, 0.3) is 0 Å². The Morgan fingerprint density at radius 2 is 2.16 bits per heavy atom. The summed E-state index contributed by atoms with van der Waals surface area (Å²) in [7, 11) is -1.54. The van der Waals surface area contributed by atoms with Gasteiger partial charge in [0.15, 0.2) is 0 Å². The van der Waals surface area contributed by atoms with E-state index in [9.17, 15) is 12.8 Å². The Balaban J connectivity index is 1.93. The summed E-state index contributed by atoms with van der Waals surface area (Å²) >= 11 is 0. The standard InChI is InChI=1S/C17H22FN3O3S/c1-20(14-7-8-24-12-14)11-15-9-19-17(25(2,22)23)21(15)10-13-5-3-4-6-16(13)18/h3-6,9,14H,7-8,10-12H2,1-2H3/t14-/m0/s1. The fourth-order valence-corrected chi connectivity index (χ4v) is 3.86. The van der Waals surface area contributed by atoms with Crippen LogP contribution in [0.2, 0.25) is 0 Å². The van der Waals surface area contributed by atoms with Gasteiger partial charge in [-0.2, -0.15) is 0 Å². The molecule has 2 heterocycles. The highest BCUT2D eigenvalue weighted by atomic mass is 32.2. The van der Waals surface area contributed by atoms with E-state index in [-0.39, 0.29) is 17.5 Å². The molecule has 1 atom stereocenters. The lowest BCUT2D eigenvalue weighted by Crippen LogP contribution is -2.32. The van der Waals surface area contributed by atoms with Gasteiger partial charge in [-0.05, 0) is 19.5 Å². The van der Waals surface area contributed by atoms with Crippen molar-refractivity contribution in [3.63, 3.8) is 0 Å². The van der Waals surface area contributed by atoms with Crippen molar-refractivity contribution >= 4 is 9.84 Å². The smallest absolute Gasteiger partial charge is 0.227 e. The van der Waals surface area contributed by atoms with Gasteiger partial charge >= 0.3 is 0 Å². The molecule has 0 saturated carbocycles. The van der Waals surface area contributed by atoms with Crippen molar-refractivity contribution in [1.82, 2.24) is 14.5 Å². The predicted molar refractivity (Wildman–Crippen MR) is 91.5 cm³/mol. The molecule has 0 radical (unpaired) electrons. The fourth-order valence-electron chi connectivity index (χ4n) is 3.03. The monoisotopic (exact) mass is 367 g/mol. The molecule has 1 saturated heterocycles. The third kappa shape index (κ3) is 4.08. The highest BCUT2D eigenvalue weighted by molar-refractivity contribution is 7.90. The summed E-state index contributed by atoms with van der Waals surface area (Å²) in [4.78, 5) is 6.21. The normalized spacial score (nSPS) is 18.2. The number of halogens is 1. The molecule has 0 unspecified atom stereocenters. The average molecular weight is 367 g/mol. The minimum absolute atomic E-state index is 0.0400. The summed E-state index contributed by atoms with van der Waals surface area (Å²) in [5.74, 6) is -0.362. The lowest BCUT2D eigenvalue weighted by molar-refractivity contribution is 0.155. The zero-order valence-electron chi connectivity index (χ0n) is 14.4. The molecule has 136 valence electrons. The SMILES string of the molecule is CN(Cc1cnc(S(C)(=O)=O)n1Cc1ccccc1F)[C@H]1CCOC1. The number of nitrogens with zero attached hydrogens (tertiary/aromatic N) is 3.